The number of likely N-dealkylation sites (N-methyl/N-ethyl adjacent to an activating group) is 1. The predicted molar refractivity (Wildman–Crippen MR) is 75.4 cm³/mol. The highest BCUT2D eigenvalue weighted by Crippen LogP contribution is 2.31. The van der Waals surface area contributed by atoms with E-state index in [1.54, 1.807) is 12.1 Å². The van der Waals surface area contributed by atoms with E-state index in [0.717, 1.165) is 31.9 Å². The number of ether oxygens (including phenoxy) is 1. The number of rotatable bonds is 3. The van der Waals surface area contributed by atoms with Crippen LogP contribution in [0.4, 0.5) is 18.9 Å². The van der Waals surface area contributed by atoms with Crippen molar-refractivity contribution in [3.8, 4) is 5.75 Å². The second kappa shape index (κ2) is 6.22. The molecule has 0 unspecified atom stereocenters. The number of piperazine rings is 1. The molecule has 0 bridgehead atoms. The summed E-state index contributed by atoms with van der Waals surface area (Å²) in [5.74, 6) is 0.221. The number of anilines is 1. The molecule has 1 aliphatic rings. The van der Waals surface area contributed by atoms with Crippen molar-refractivity contribution in [2.75, 3.05) is 44.7 Å². The van der Waals surface area contributed by atoms with Crippen molar-refractivity contribution in [2.24, 2.45) is 0 Å². The van der Waals surface area contributed by atoms with Crippen molar-refractivity contribution in [3.63, 3.8) is 0 Å². The average Bonchev–Trinajstić information content (AvgIpc) is 2.38. The van der Waals surface area contributed by atoms with Crippen LogP contribution in [-0.4, -0.2) is 50.9 Å². The summed E-state index contributed by atoms with van der Waals surface area (Å²) >= 11 is 3.21. The smallest absolute Gasteiger partial charge is 0.422 e. The Bertz CT molecular complexity index is 459. The van der Waals surface area contributed by atoms with Gasteiger partial charge in [0.05, 0.1) is 4.47 Å². The standard InChI is InChI=1S/C13H16BrF3N2O/c1-18-4-6-19(7-5-18)10-2-3-11(14)12(8-10)20-9-13(15,16)17/h2-3,8H,4-7,9H2,1H3. The molecule has 1 aromatic carbocycles. The van der Waals surface area contributed by atoms with Gasteiger partial charge in [-0.25, -0.2) is 0 Å². The fourth-order valence-corrected chi connectivity index (χ4v) is 2.38. The maximum absolute atomic E-state index is 12.2. The fraction of sp³-hybridized carbons (Fsp3) is 0.538. The van der Waals surface area contributed by atoms with E-state index in [1.165, 1.54) is 0 Å². The Balaban J connectivity index is 2.08. The van der Waals surface area contributed by atoms with Gasteiger partial charge in [-0.3, -0.25) is 0 Å². The highest BCUT2D eigenvalue weighted by Gasteiger charge is 2.29. The van der Waals surface area contributed by atoms with Gasteiger partial charge in [0.1, 0.15) is 5.75 Å². The van der Waals surface area contributed by atoms with Gasteiger partial charge in [-0.2, -0.15) is 13.2 Å². The van der Waals surface area contributed by atoms with E-state index in [-0.39, 0.29) is 5.75 Å². The molecule has 3 nitrogen and oxygen atoms in total. The molecule has 7 heteroatoms. The number of hydrogen-bond donors (Lipinski definition) is 0. The van der Waals surface area contributed by atoms with Gasteiger partial charge in [0, 0.05) is 37.9 Å². The molecule has 1 saturated heterocycles. The summed E-state index contributed by atoms with van der Waals surface area (Å²) in [7, 11) is 2.05. The first-order chi connectivity index (χ1) is 9.35. The minimum atomic E-state index is -4.33. The Morgan fingerprint density at radius 1 is 1.20 bits per heavy atom. The molecule has 20 heavy (non-hydrogen) atoms. The van der Waals surface area contributed by atoms with E-state index in [0.29, 0.717) is 4.47 Å². The zero-order valence-corrected chi connectivity index (χ0v) is 12.7. The maximum Gasteiger partial charge on any atom is 0.422 e. The highest BCUT2D eigenvalue weighted by molar-refractivity contribution is 9.10. The van der Waals surface area contributed by atoms with Crippen LogP contribution in [0.3, 0.4) is 0 Å². The average molecular weight is 353 g/mol. The van der Waals surface area contributed by atoms with Crippen LogP contribution in [0.15, 0.2) is 22.7 Å². The Hall–Kier alpha value is -0.950. The van der Waals surface area contributed by atoms with Gasteiger partial charge in [0.2, 0.25) is 0 Å². The molecule has 1 fully saturated rings. The third-order valence-electron chi connectivity index (χ3n) is 3.17. The first-order valence-electron chi connectivity index (χ1n) is 6.28. The lowest BCUT2D eigenvalue weighted by Crippen LogP contribution is -2.44. The van der Waals surface area contributed by atoms with Gasteiger partial charge in [-0.15, -0.1) is 0 Å². The Labute approximate surface area is 124 Å². The first-order valence-corrected chi connectivity index (χ1v) is 7.07. The largest absolute Gasteiger partial charge is 0.483 e. The highest BCUT2D eigenvalue weighted by atomic mass is 79.9. The second-order valence-corrected chi connectivity index (χ2v) is 5.66. The summed E-state index contributed by atoms with van der Waals surface area (Å²) < 4.78 is 42.0. The molecule has 0 aromatic heterocycles. The van der Waals surface area contributed by atoms with Gasteiger partial charge < -0.3 is 14.5 Å². The third kappa shape index (κ3) is 4.28. The Morgan fingerprint density at radius 3 is 2.45 bits per heavy atom. The van der Waals surface area contributed by atoms with Crippen LogP contribution in [0, 0.1) is 0 Å². The van der Waals surface area contributed by atoms with E-state index < -0.39 is 12.8 Å². The number of alkyl halides is 3. The van der Waals surface area contributed by atoms with Gasteiger partial charge in [0.25, 0.3) is 0 Å². The lowest BCUT2D eigenvalue weighted by atomic mass is 10.2. The summed E-state index contributed by atoms with van der Waals surface area (Å²) in [6.45, 7) is 2.31. The Morgan fingerprint density at radius 2 is 1.85 bits per heavy atom. The molecule has 0 N–H and O–H groups in total. The van der Waals surface area contributed by atoms with Crippen molar-refractivity contribution < 1.29 is 17.9 Å². The lowest BCUT2D eigenvalue weighted by Gasteiger charge is -2.34. The van der Waals surface area contributed by atoms with Crippen LogP contribution >= 0.6 is 15.9 Å². The summed E-state index contributed by atoms with van der Waals surface area (Å²) in [5, 5.41) is 0. The fourth-order valence-electron chi connectivity index (χ4n) is 2.02. The van der Waals surface area contributed by atoms with Crippen LogP contribution < -0.4 is 9.64 Å². The van der Waals surface area contributed by atoms with Crippen LogP contribution in [0.25, 0.3) is 0 Å². The van der Waals surface area contributed by atoms with E-state index >= 15 is 0 Å². The molecule has 0 amide bonds. The van der Waals surface area contributed by atoms with E-state index in [1.807, 2.05) is 6.07 Å². The van der Waals surface area contributed by atoms with Crippen LogP contribution in [-0.2, 0) is 0 Å². The zero-order chi connectivity index (χ0) is 14.8. The van der Waals surface area contributed by atoms with E-state index in [9.17, 15) is 13.2 Å². The topological polar surface area (TPSA) is 15.7 Å². The number of halogens is 4. The molecule has 0 spiro atoms. The molecule has 0 saturated carbocycles. The summed E-state index contributed by atoms with van der Waals surface area (Å²) in [5.41, 5.74) is 0.887. The van der Waals surface area contributed by atoms with Gasteiger partial charge in [0.15, 0.2) is 6.61 Å². The van der Waals surface area contributed by atoms with Crippen molar-refractivity contribution in [2.45, 2.75) is 6.18 Å². The third-order valence-corrected chi connectivity index (χ3v) is 3.83. The summed E-state index contributed by atoms with van der Waals surface area (Å²) in [6, 6.07) is 5.26. The minimum Gasteiger partial charge on any atom is -0.483 e. The molecule has 1 aliphatic heterocycles. The predicted octanol–water partition coefficient (Wildman–Crippen LogP) is 3.14. The van der Waals surface area contributed by atoms with Crippen LogP contribution in [0.1, 0.15) is 0 Å². The molecule has 2 rings (SSSR count). The van der Waals surface area contributed by atoms with E-state index in [4.69, 9.17) is 4.74 Å². The molecule has 1 aromatic rings. The second-order valence-electron chi connectivity index (χ2n) is 4.81. The minimum absolute atomic E-state index is 0.221. The SMILES string of the molecule is CN1CCN(c2ccc(Br)c(OCC(F)(F)F)c2)CC1. The molecule has 112 valence electrons. The molecular weight excluding hydrogens is 337 g/mol. The number of nitrogens with zero attached hydrogens (tertiary/aromatic N) is 2. The quantitative estimate of drug-likeness (QED) is 0.831. The van der Waals surface area contributed by atoms with Gasteiger partial charge >= 0.3 is 6.18 Å². The Kier molecular flexibility index (Phi) is 4.80. The van der Waals surface area contributed by atoms with Crippen molar-refractivity contribution in [1.82, 2.24) is 4.90 Å². The molecule has 0 radical (unpaired) electrons. The monoisotopic (exact) mass is 352 g/mol. The van der Waals surface area contributed by atoms with Crippen molar-refractivity contribution >= 4 is 21.6 Å². The van der Waals surface area contributed by atoms with Crippen molar-refractivity contribution in [3.05, 3.63) is 22.7 Å². The zero-order valence-electron chi connectivity index (χ0n) is 11.1. The lowest BCUT2D eigenvalue weighted by molar-refractivity contribution is -0.153. The summed E-state index contributed by atoms with van der Waals surface area (Å²) in [6.07, 6.45) is -4.33. The maximum atomic E-state index is 12.2. The van der Waals surface area contributed by atoms with Crippen molar-refractivity contribution in [1.29, 1.82) is 0 Å². The van der Waals surface area contributed by atoms with E-state index in [2.05, 4.69) is 32.8 Å². The molecular formula is C13H16BrF3N2O. The first kappa shape index (κ1) is 15.4. The normalized spacial score (nSPS) is 17.4. The van der Waals surface area contributed by atoms with Crippen LogP contribution in [0.5, 0.6) is 5.75 Å². The molecule has 1 heterocycles. The number of benzene rings is 1. The van der Waals surface area contributed by atoms with Gasteiger partial charge in [-0.05, 0) is 35.1 Å². The summed E-state index contributed by atoms with van der Waals surface area (Å²) in [4.78, 5) is 4.36. The van der Waals surface area contributed by atoms with Crippen LogP contribution in [0.2, 0.25) is 0 Å². The van der Waals surface area contributed by atoms with Gasteiger partial charge in [-0.1, -0.05) is 0 Å². The molecule has 0 aliphatic carbocycles. The number of hydrogen-bond acceptors (Lipinski definition) is 3. The molecule has 0 atom stereocenters.